The molecule has 0 radical (unpaired) electrons. The van der Waals surface area contributed by atoms with Gasteiger partial charge in [-0.1, -0.05) is 25.1 Å². The van der Waals surface area contributed by atoms with Crippen LogP contribution in [-0.2, 0) is 16.1 Å². The molecule has 1 unspecified atom stereocenters. The Morgan fingerprint density at radius 1 is 1.02 bits per heavy atom. The van der Waals surface area contributed by atoms with Crippen molar-refractivity contribution in [2.24, 2.45) is 17.4 Å². The Morgan fingerprint density at radius 3 is 2.47 bits per heavy atom. The summed E-state index contributed by atoms with van der Waals surface area (Å²) in [6.07, 6.45) is 9.90. The summed E-state index contributed by atoms with van der Waals surface area (Å²) in [5, 5.41) is 14.1. The third-order valence-corrected chi connectivity index (χ3v) is 11.8. The van der Waals surface area contributed by atoms with E-state index < -0.39 is 0 Å². The summed E-state index contributed by atoms with van der Waals surface area (Å²) in [5.74, 6) is -0.411. The fraction of sp³-hybridized carbons (Fsp3) is 0.488. The van der Waals surface area contributed by atoms with E-state index in [2.05, 4.69) is 64.3 Å². The first kappa shape index (κ1) is 36.6. The molecule has 0 bridgehead atoms. The maximum atomic E-state index is 13.4. The summed E-state index contributed by atoms with van der Waals surface area (Å²) in [4.78, 5) is 50.4. The molecule has 5 aliphatic rings. The third kappa shape index (κ3) is 7.27. The minimum Gasteiger partial charge on any atom is -0.393 e. The highest BCUT2D eigenvalue weighted by molar-refractivity contribution is 5.97. The van der Waals surface area contributed by atoms with Crippen LogP contribution in [-0.4, -0.2) is 80.5 Å². The van der Waals surface area contributed by atoms with Gasteiger partial charge in [-0.15, -0.1) is 0 Å². The van der Waals surface area contributed by atoms with Gasteiger partial charge in [0.2, 0.25) is 5.91 Å². The number of anilines is 2. The molecule has 7 N–H and O–H groups in total. The number of hydrogen-bond acceptors (Lipinski definition) is 10. The number of amides is 3. The molecule has 3 aromatic rings. The molecular formula is C41H53N11O3. The van der Waals surface area contributed by atoms with E-state index in [1.54, 1.807) is 0 Å². The van der Waals surface area contributed by atoms with E-state index in [9.17, 15) is 14.4 Å². The Labute approximate surface area is 322 Å². The van der Waals surface area contributed by atoms with Gasteiger partial charge in [-0.05, 0) is 77.0 Å². The van der Waals surface area contributed by atoms with Crippen LogP contribution >= 0.6 is 0 Å². The van der Waals surface area contributed by atoms with Crippen LogP contribution < -0.4 is 32.3 Å². The van der Waals surface area contributed by atoms with Gasteiger partial charge < -0.3 is 37.2 Å². The van der Waals surface area contributed by atoms with Crippen LogP contribution in [0.1, 0.15) is 99.7 Å². The first-order valence-electron chi connectivity index (χ1n) is 19.7. The van der Waals surface area contributed by atoms with Gasteiger partial charge in [-0.3, -0.25) is 24.0 Å². The zero-order valence-electron chi connectivity index (χ0n) is 32.3. The van der Waals surface area contributed by atoms with Crippen LogP contribution in [0, 0.1) is 5.92 Å². The van der Waals surface area contributed by atoms with E-state index in [4.69, 9.17) is 21.5 Å². The van der Waals surface area contributed by atoms with Crippen LogP contribution in [0.3, 0.4) is 0 Å². The minimum atomic E-state index is -0.381. The second kappa shape index (κ2) is 14.4. The predicted molar refractivity (Wildman–Crippen MR) is 211 cm³/mol. The molecule has 1 atom stereocenters. The minimum absolute atomic E-state index is 0.00857. The lowest BCUT2D eigenvalue weighted by atomic mass is 9.91. The number of benzene rings is 1. The molecule has 3 aliphatic heterocycles. The molecular weight excluding hydrogens is 695 g/mol. The van der Waals surface area contributed by atoms with Crippen LogP contribution in [0.5, 0.6) is 0 Å². The molecule has 1 aromatic carbocycles. The molecule has 290 valence electrons. The van der Waals surface area contributed by atoms with E-state index >= 15 is 0 Å². The third-order valence-electron chi connectivity index (χ3n) is 11.8. The Kier molecular flexibility index (Phi) is 9.56. The second-order valence-corrected chi connectivity index (χ2v) is 16.4. The topological polar surface area (TPSA) is 180 Å². The molecule has 55 heavy (non-hydrogen) atoms. The second-order valence-electron chi connectivity index (χ2n) is 16.4. The van der Waals surface area contributed by atoms with E-state index in [0.29, 0.717) is 17.9 Å². The number of carbonyl (C=O) groups is 3. The van der Waals surface area contributed by atoms with Crippen molar-refractivity contribution in [1.82, 2.24) is 35.2 Å². The predicted octanol–water partition coefficient (Wildman–Crippen LogP) is 4.10. The molecule has 0 spiro atoms. The first-order valence-corrected chi connectivity index (χ1v) is 19.7. The number of aromatic nitrogens is 3. The first-order chi connectivity index (χ1) is 26.4. The molecule has 2 saturated carbocycles. The lowest BCUT2D eigenvalue weighted by Crippen LogP contribution is -2.48. The quantitative estimate of drug-likeness (QED) is 0.134. The molecule has 3 amide bonds. The van der Waals surface area contributed by atoms with Crippen molar-refractivity contribution in [3.8, 4) is 11.1 Å². The van der Waals surface area contributed by atoms with Crippen molar-refractivity contribution < 1.29 is 14.4 Å². The van der Waals surface area contributed by atoms with Crippen molar-refractivity contribution in [1.29, 1.82) is 0 Å². The summed E-state index contributed by atoms with van der Waals surface area (Å²) >= 11 is 0. The molecule has 2 aromatic heterocycles. The van der Waals surface area contributed by atoms with Crippen LogP contribution in [0.25, 0.3) is 11.1 Å². The molecule has 2 saturated heterocycles. The molecule has 5 heterocycles. The van der Waals surface area contributed by atoms with Gasteiger partial charge in [0, 0.05) is 67.9 Å². The number of likely N-dealkylation sites (tertiary alicyclic amines) is 2. The maximum Gasteiger partial charge on any atom is 0.272 e. The van der Waals surface area contributed by atoms with E-state index in [0.717, 1.165) is 92.8 Å². The van der Waals surface area contributed by atoms with Crippen LogP contribution in [0.15, 0.2) is 65.9 Å². The standard InChI is InChI=1S/C41H53N11O3/c1-5-33-37-29(20-44-52(37)27-22-50(23-27)21-26-9-6-12-31(45-26)40(55)51-18-8-17-41(51,2)3)28-10-7-11-30(36(28)49(33)4)47-32(35(43)39(54)46-25-15-16-25)19-34(42)48-38(53)24-13-14-24/h6-7,9-12,19-20,24-25,27,33,47H,5,8,13-18,21-23,42-43H2,1-4H3,(H,46,54)(H,48,53)/b34-19+,35-32+. The Hall–Kier alpha value is -5.37. The highest BCUT2D eigenvalue weighted by atomic mass is 16.2. The van der Waals surface area contributed by atoms with Crippen LogP contribution in [0.2, 0.25) is 0 Å². The smallest absolute Gasteiger partial charge is 0.272 e. The number of nitrogens with two attached hydrogens (primary N) is 2. The van der Waals surface area contributed by atoms with Gasteiger partial charge in [0.15, 0.2) is 0 Å². The van der Waals surface area contributed by atoms with Gasteiger partial charge in [0.1, 0.15) is 17.2 Å². The van der Waals surface area contributed by atoms with Crippen molar-refractivity contribution >= 4 is 29.1 Å². The van der Waals surface area contributed by atoms with Crippen LogP contribution in [0.4, 0.5) is 11.4 Å². The Balaban J connectivity index is 1.02. The monoisotopic (exact) mass is 747 g/mol. The van der Waals surface area contributed by atoms with Gasteiger partial charge in [0.05, 0.1) is 46.7 Å². The van der Waals surface area contributed by atoms with Crippen molar-refractivity contribution in [2.45, 2.75) is 95.9 Å². The molecule has 4 fully saturated rings. The van der Waals surface area contributed by atoms with E-state index in [1.165, 1.54) is 11.8 Å². The van der Waals surface area contributed by atoms with Crippen molar-refractivity contribution in [3.05, 3.63) is 83.0 Å². The largest absolute Gasteiger partial charge is 0.393 e. The molecule has 14 nitrogen and oxygen atoms in total. The zero-order chi connectivity index (χ0) is 38.6. The van der Waals surface area contributed by atoms with Gasteiger partial charge >= 0.3 is 0 Å². The zero-order valence-corrected chi connectivity index (χ0v) is 32.3. The maximum absolute atomic E-state index is 13.4. The fourth-order valence-electron chi connectivity index (χ4n) is 8.34. The summed E-state index contributed by atoms with van der Waals surface area (Å²) in [6.45, 7) is 9.52. The van der Waals surface area contributed by atoms with E-state index in [-0.39, 0.29) is 58.8 Å². The average molecular weight is 748 g/mol. The number of nitrogens with one attached hydrogen (secondary N) is 3. The number of hydrogen-bond donors (Lipinski definition) is 5. The highest BCUT2D eigenvalue weighted by Crippen LogP contribution is 2.49. The summed E-state index contributed by atoms with van der Waals surface area (Å²) < 4.78 is 2.19. The van der Waals surface area contributed by atoms with Gasteiger partial charge in [-0.25, -0.2) is 4.98 Å². The van der Waals surface area contributed by atoms with Crippen molar-refractivity contribution in [2.75, 3.05) is 36.9 Å². The number of nitrogens with zero attached hydrogens (tertiary/aromatic N) is 6. The molecule has 2 aliphatic carbocycles. The molecule has 8 rings (SSSR count). The number of pyridine rings is 1. The fourth-order valence-corrected chi connectivity index (χ4v) is 8.34. The lowest BCUT2D eigenvalue weighted by molar-refractivity contribution is -0.121. The number of rotatable bonds is 12. The number of carbonyl (C=O) groups excluding carboxylic acids is 3. The van der Waals surface area contributed by atoms with Gasteiger partial charge in [-0.2, -0.15) is 5.10 Å². The average Bonchev–Trinajstić information content (AvgIpc) is 4.08. The Bertz CT molecular complexity index is 2070. The lowest BCUT2D eigenvalue weighted by Gasteiger charge is -2.43. The number of fused-ring (bicyclic) bond motifs is 3. The van der Waals surface area contributed by atoms with Gasteiger partial charge in [0.25, 0.3) is 11.8 Å². The SMILES string of the molecule is CCC1c2c(cnn2C2CN(Cc3cccc(C(=O)N4CCCC4(C)C)n3)C2)-c2cccc(NC(/C=C(\N)NC(=O)C3CC3)=C(/N)C(=O)NC3CC3)c2N1C. The van der Waals surface area contributed by atoms with Crippen molar-refractivity contribution in [3.63, 3.8) is 0 Å². The highest BCUT2D eigenvalue weighted by Gasteiger charge is 2.39. The van der Waals surface area contributed by atoms with E-state index in [1.807, 2.05) is 41.4 Å². The summed E-state index contributed by atoms with van der Waals surface area (Å²) in [6, 6.07) is 12.1. The number of allylic oxidation sites excluding steroid dienone is 1. The number of para-hydroxylation sites is 1. The molecule has 14 heteroatoms. The Morgan fingerprint density at radius 2 is 1.78 bits per heavy atom. The summed E-state index contributed by atoms with van der Waals surface area (Å²) in [5.41, 5.74) is 19.3. The normalized spacial score (nSPS) is 21.3. The summed E-state index contributed by atoms with van der Waals surface area (Å²) in [7, 11) is 2.08.